The van der Waals surface area contributed by atoms with Gasteiger partial charge in [0, 0.05) is 32.5 Å². The Morgan fingerprint density at radius 1 is 1.14 bits per heavy atom. The Morgan fingerprint density at radius 2 is 1.91 bits per heavy atom. The molecule has 6 nitrogen and oxygen atoms in total. The van der Waals surface area contributed by atoms with Crippen LogP contribution in [-0.2, 0) is 9.47 Å². The molecule has 3 aliphatic heterocycles. The monoisotopic (exact) mass is 305 g/mol. The summed E-state index contributed by atoms with van der Waals surface area (Å²) in [5, 5.41) is 0. The molecule has 0 aromatic heterocycles. The van der Waals surface area contributed by atoms with Crippen molar-refractivity contribution < 1.29 is 23.7 Å². The number of carbonyl (C=O) groups is 1. The van der Waals surface area contributed by atoms with Crippen LogP contribution in [0.15, 0.2) is 24.3 Å². The number of ether oxygens (including phenoxy) is 4. The molecule has 1 aromatic rings. The van der Waals surface area contributed by atoms with Crippen molar-refractivity contribution in [1.29, 1.82) is 0 Å². The minimum atomic E-state index is -0.533. The van der Waals surface area contributed by atoms with Crippen LogP contribution in [0.4, 0.5) is 4.79 Å². The number of benzene rings is 1. The molecule has 1 spiro atoms. The van der Waals surface area contributed by atoms with E-state index in [1.165, 1.54) is 0 Å². The average Bonchev–Trinajstić information content (AvgIpc) is 2.91. The molecule has 0 radical (unpaired) electrons. The van der Waals surface area contributed by atoms with Crippen molar-refractivity contribution in [3.63, 3.8) is 0 Å². The Kier molecular flexibility index (Phi) is 3.33. The van der Waals surface area contributed by atoms with Gasteiger partial charge in [-0.25, -0.2) is 4.79 Å². The first-order valence-corrected chi connectivity index (χ1v) is 7.69. The predicted octanol–water partition coefficient (Wildman–Crippen LogP) is 1.83. The molecule has 1 aromatic carbocycles. The van der Waals surface area contributed by atoms with Gasteiger partial charge in [-0.1, -0.05) is 12.1 Å². The molecule has 22 heavy (non-hydrogen) atoms. The van der Waals surface area contributed by atoms with Crippen LogP contribution in [0, 0.1) is 0 Å². The molecular formula is C16H19NO5. The van der Waals surface area contributed by atoms with Crippen molar-refractivity contribution in [3.8, 4) is 11.5 Å². The van der Waals surface area contributed by atoms with Crippen molar-refractivity contribution in [2.24, 2.45) is 0 Å². The molecule has 0 unspecified atom stereocenters. The van der Waals surface area contributed by atoms with Crippen LogP contribution < -0.4 is 9.47 Å². The lowest BCUT2D eigenvalue weighted by molar-refractivity contribution is -0.0153. The number of piperidine rings is 1. The molecule has 1 atom stereocenters. The lowest BCUT2D eigenvalue weighted by Crippen LogP contribution is -2.49. The number of likely N-dealkylation sites (tertiary alicyclic amines) is 1. The van der Waals surface area contributed by atoms with Crippen LogP contribution in [-0.4, -0.2) is 55.6 Å². The maximum absolute atomic E-state index is 11.1. The number of nitrogens with zero attached hydrogens (tertiary/aromatic N) is 1. The molecule has 0 bridgehead atoms. The maximum Gasteiger partial charge on any atom is 0.509 e. The molecule has 0 N–H and O–H groups in total. The third-order valence-electron chi connectivity index (χ3n) is 4.55. The van der Waals surface area contributed by atoms with E-state index < -0.39 is 11.8 Å². The van der Waals surface area contributed by atoms with Crippen molar-refractivity contribution in [2.75, 3.05) is 32.8 Å². The van der Waals surface area contributed by atoms with Crippen LogP contribution in [0.25, 0.3) is 0 Å². The third kappa shape index (κ3) is 2.59. The molecule has 4 rings (SSSR count). The van der Waals surface area contributed by atoms with E-state index in [0.717, 1.165) is 44.0 Å². The highest BCUT2D eigenvalue weighted by Crippen LogP contribution is 2.33. The molecule has 6 heteroatoms. The lowest BCUT2D eigenvalue weighted by Gasteiger charge is -2.38. The summed E-state index contributed by atoms with van der Waals surface area (Å²) >= 11 is 0. The largest absolute Gasteiger partial charge is 0.509 e. The Morgan fingerprint density at radius 3 is 2.64 bits per heavy atom. The van der Waals surface area contributed by atoms with Crippen molar-refractivity contribution in [1.82, 2.24) is 4.90 Å². The van der Waals surface area contributed by atoms with E-state index in [9.17, 15) is 4.79 Å². The summed E-state index contributed by atoms with van der Waals surface area (Å²) in [6.45, 7) is 3.52. The van der Waals surface area contributed by atoms with Gasteiger partial charge in [0.15, 0.2) is 17.1 Å². The van der Waals surface area contributed by atoms with Crippen LogP contribution in [0.5, 0.6) is 11.5 Å². The number of hydrogen-bond donors (Lipinski definition) is 0. The fraction of sp³-hybridized carbons (Fsp3) is 0.562. The van der Waals surface area contributed by atoms with Gasteiger partial charge in [-0.15, -0.1) is 0 Å². The summed E-state index contributed by atoms with van der Waals surface area (Å²) in [4.78, 5) is 13.5. The van der Waals surface area contributed by atoms with Crippen molar-refractivity contribution in [3.05, 3.63) is 24.3 Å². The van der Waals surface area contributed by atoms with Gasteiger partial charge in [-0.2, -0.15) is 0 Å². The van der Waals surface area contributed by atoms with Gasteiger partial charge in [0.25, 0.3) is 0 Å². The van der Waals surface area contributed by atoms with E-state index in [-0.39, 0.29) is 6.10 Å². The van der Waals surface area contributed by atoms with E-state index in [0.29, 0.717) is 13.2 Å². The van der Waals surface area contributed by atoms with Crippen LogP contribution >= 0.6 is 0 Å². The van der Waals surface area contributed by atoms with Crippen LogP contribution in [0.2, 0.25) is 0 Å². The number of carbonyl (C=O) groups excluding carboxylic acids is 1. The second-order valence-corrected chi connectivity index (χ2v) is 6.12. The highest BCUT2D eigenvalue weighted by molar-refractivity contribution is 5.62. The highest BCUT2D eigenvalue weighted by atomic mass is 16.8. The van der Waals surface area contributed by atoms with Gasteiger partial charge in [0.2, 0.25) is 0 Å². The first-order valence-electron chi connectivity index (χ1n) is 7.69. The number of cyclic esters (lactones) is 1. The zero-order chi connectivity index (χ0) is 15.0. The summed E-state index contributed by atoms with van der Waals surface area (Å²) in [5.74, 6) is 1.62. The van der Waals surface area contributed by atoms with E-state index in [1.807, 2.05) is 24.3 Å². The molecule has 3 aliphatic rings. The highest BCUT2D eigenvalue weighted by Gasteiger charge is 2.45. The molecule has 0 saturated carbocycles. The predicted molar refractivity (Wildman–Crippen MR) is 77.2 cm³/mol. The smallest absolute Gasteiger partial charge is 0.486 e. The van der Waals surface area contributed by atoms with Crippen molar-refractivity contribution in [2.45, 2.75) is 24.5 Å². The fourth-order valence-corrected chi connectivity index (χ4v) is 3.26. The number of fused-ring (bicyclic) bond motifs is 1. The van der Waals surface area contributed by atoms with Gasteiger partial charge in [-0.05, 0) is 12.1 Å². The zero-order valence-electron chi connectivity index (χ0n) is 12.3. The van der Waals surface area contributed by atoms with Gasteiger partial charge in [-0.3, -0.25) is 4.90 Å². The summed E-state index contributed by atoms with van der Waals surface area (Å²) in [5.41, 5.74) is -0.399. The standard InChI is InChI=1S/C16H19NO5/c18-15-20-11-16(22-15)5-7-17(8-6-16)9-12-10-19-13-3-1-2-4-14(13)21-12/h1-4,12H,5-11H2/t12-/m0/s1. The summed E-state index contributed by atoms with van der Waals surface area (Å²) in [6.07, 6.45) is 1.12. The molecule has 3 heterocycles. The van der Waals surface area contributed by atoms with Crippen LogP contribution in [0.1, 0.15) is 12.8 Å². The van der Waals surface area contributed by atoms with Gasteiger partial charge in [0.1, 0.15) is 19.3 Å². The number of para-hydroxylation sites is 2. The summed E-state index contributed by atoms with van der Waals surface area (Å²) in [7, 11) is 0. The molecule has 2 saturated heterocycles. The molecular weight excluding hydrogens is 286 g/mol. The SMILES string of the molecule is O=C1OCC2(CCN(C[C@H]3COc4ccccc4O3)CC2)O1. The second-order valence-electron chi connectivity index (χ2n) is 6.12. The molecule has 118 valence electrons. The maximum atomic E-state index is 11.1. The van der Waals surface area contributed by atoms with Gasteiger partial charge in [0.05, 0.1) is 0 Å². The quantitative estimate of drug-likeness (QED) is 0.777. The number of rotatable bonds is 2. The van der Waals surface area contributed by atoms with E-state index in [1.54, 1.807) is 0 Å². The Labute approximate surface area is 128 Å². The lowest BCUT2D eigenvalue weighted by atomic mass is 9.92. The average molecular weight is 305 g/mol. The van der Waals surface area contributed by atoms with Gasteiger partial charge < -0.3 is 18.9 Å². The topological polar surface area (TPSA) is 57.2 Å². The number of hydrogen-bond acceptors (Lipinski definition) is 6. The van der Waals surface area contributed by atoms with E-state index in [4.69, 9.17) is 18.9 Å². The zero-order valence-corrected chi connectivity index (χ0v) is 12.3. The van der Waals surface area contributed by atoms with Crippen LogP contribution in [0.3, 0.4) is 0 Å². The Hall–Kier alpha value is -1.95. The minimum absolute atomic E-state index is 0.0336. The Balaban J connectivity index is 1.32. The first kappa shape index (κ1) is 13.7. The fourth-order valence-electron chi connectivity index (χ4n) is 3.26. The molecule has 2 fully saturated rings. The minimum Gasteiger partial charge on any atom is -0.486 e. The molecule has 0 aliphatic carbocycles. The van der Waals surface area contributed by atoms with E-state index >= 15 is 0 Å². The van der Waals surface area contributed by atoms with Gasteiger partial charge >= 0.3 is 6.16 Å². The summed E-state index contributed by atoms with van der Waals surface area (Å²) < 4.78 is 22.0. The normalized spacial score (nSPS) is 26.5. The second kappa shape index (κ2) is 5.35. The summed E-state index contributed by atoms with van der Waals surface area (Å²) in [6, 6.07) is 7.74. The van der Waals surface area contributed by atoms with Crippen molar-refractivity contribution >= 4 is 6.16 Å². The van der Waals surface area contributed by atoms with E-state index in [2.05, 4.69) is 4.90 Å². The first-order chi connectivity index (χ1) is 10.7. The molecule has 0 amide bonds. The third-order valence-corrected chi connectivity index (χ3v) is 4.55. The Bertz CT molecular complexity index is 567.